The molecule has 1 unspecified atom stereocenters. The highest BCUT2D eigenvalue weighted by molar-refractivity contribution is 7.91. The molecule has 0 fully saturated rings. The average Bonchev–Trinajstić information content (AvgIpc) is 3.09. The number of hydrogen-bond acceptors (Lipinski definition) is 7. The summed E-state index contributed by atoms with van der Waals surface area (Å²) in [6.07, 6.45) is 2.44. The summed E-state index contributed by atoms with van der Waals surface area (Å²) in [7, 11) is -0.175. The number of rotatable bonds is 5. The molecule has 1 aliphatic rings. The van der Waals surface area contributed by atoms with Gasteiger partial charge in [0.05, 0.1) is 25.8 Å². The molecule has 0 bridgehead atoms. The molecule has 0 N–H and O–H groups in total. The maximum Gasteiger partial charge on any atom is 0.348 e. The Balaban J connectivity index is 2.12. The van der Waals surface area contributed by atoms with Crippen LogP contribution in [0.4, 0.5) is 0 Å². The van der Waals surface area contributed by atoms with Crippen molar-refractivity contribution < 1.29 is 27.5 Å². The molecule has 1 aromatic carbocycles. The highest BCUT2D eigenvalue weighted by Gasteiger charge is 2.38. The number of ether oxygens (including phenoxy) is 2. The molecule has 7 nitrogen and oxygen atoms in total. The van der Waals surface area contributed by atoms with Gasteiger partial charge in [0.15, 0.2) is 4.21 Å². The maximum atomic E-state index is 13.5. The zero-order valence-electron chi connectivity index (χ0n) is 16.7. The van der Waals surface area contributed by atoms with Crippen molar-refractivity contribution in [3.05, 3.63) is 51.4 Å². The molecule has 9 heteroatoms. The van der Waals surface area contributed by atoms with E-state index in [9.17, 15) is 18.0 Å². The van der Waals surface area contributed by atoms with Crippen LogP contribution < -0.4 is 0 Å². The Labute approximate surface area is 174 Å². The third-order valence-electron chi connectivity index (χ3n) is 5.26. The van der Waals surface area contributed by atoms with Gasteiger partial charge in [0.1, 0.15) is 4.88 Å². The molecule has 156 valence electrons. The minimum absolute atomic E-state index is 0.0731. The van der Waals surface area contributed by atoms with Crippen LogP contribution in [-0.4, -0.2) is 45.9 Å². The van der Waals surface area contributed by atoms with Crippen LogP contribution in [0.25, 0.3) is 0 Å². The van der Waals surface area contributed by atoms with E-state index in [1.807, 2.05) is 24.3 Å². The van der Waals surface area contributed by atoms with Gasteiger partial charge >= 0.3 is 11.9 Å². The molecule has 0 aliphatic heterocycles. The number of methoxy groups -OCH3 is 2. The lowest BCUT2D eigenvalue weighted by molar-refractivity contribution is 0.0596. The molecule has 1 aliphatic carbocycles. The normalized spacial score (nSPS) is 16.4. The molecule has 2 aromatic rings. The number of aryl methyl sites for hydroxylation is 1. The highest BCUT2D eigenvalue weighted by Crippen LogP contribution is 2.40. The van der Waals surface area contributed by atoms with E-state index in [2.05, 4.69) is 0 Å². The molecule has 29 heavy (non-hydrogen) atoms. The minimum Gasteiger partial charge on any atom is -0.465 e. The van der Waals surface area contributed by atoms with Gasteiger partial charge in [-0.3, -0.25) is 0 Å². The number of hydrogen-bond donors (Lipinski definition) is 0. The summed E-state index contributed by atoms with van der Waals surface area (Å²) in [4.78, 5) is 24.5. The van der Waals surface area contributed by atoms with Crippen LogP contribution >= 0.6 is 11.3 Å². The van der Waals surface area contributed by atoms with E-state index in [1.54, 1.807) is 0 Å². The molecule has 1 heterocycles. The Hall–Kier alpha value is -2.23. The lowest BCUT2D eigenvalue weighted by Crippen LogP contribution is -2.33. The largest absolute Gasteiger partial charge is 0.465 e. The second-order valence-electron chi connectivity index (χ2n) is 6.83. The smallest absolute Gasteiger partial charge is 0.348 e. The van der Waals surface area contributed by atoms with Gasteiger partial charge in [0, 0.05) is 7.05 Å². The average molecular weight is 438 g/mol. The SMILES string of the molecule is COC(=O)c1sc(S(=O)(=O)N(C)C2CCCc3ccccc32)c(C(=O)OC)c1C. The van der Waals surface area contributed by atoms with Crippen LogP contribution in [0, 0.1) is 6.92 Å². The number of nitrogens with zero attached hydrogens (tertiary/aromatic N) is 1. The van der Waals surface area contributed by atoms with Crippen molar-refractivity contribution in [2.24, 2.45) is 0 Å². The highest BCUT2D eigenvalue weighted by atomic mass is 32.2. The van der Waals surface area contributed by atoms with Crippen molar-refractivity contribution in [2.45, 2.75) is 36.4 Å². The summed E-state index contributed by atoms with van der Waals surface area (Å²) in [6.45, 7) is 1.52. The number of carbonyl (C=O) groups is 2. The maximum absolute atomic E-state index is 13.5. The fourth-order valence-electron chi connectivity index (χ4n) is 3.70. The second-order valence-corrected chi connectivity index (χ2v) is 10.0. The van der Waals surface area contributed by atoms with Gasteiger partial charge in [-0.1, -0.05) is 24.3 Å². The molecular formula is C20H23NO6S2. The topological polar surface area (TPSA) is 90.0 Å². The minimum atomic E-state index is -4.07. The van der Waals surface area contributed by atoms with E-state index in [0.717, 1.165) is 35.3 Å². The van der Waals surface area contributed by atoms with Crippen LogP contribution in [0.15, 0.2) is 28.5 Å². The van der Waals surface area contributed by atoms with Gasteiger partial charge < -0.3 is 9.47 Å². The Morgan fingerprint density at radius 2 is 1.79 bits per heavy atom. The summed E-state index contributed by atoms with van der Waals surface area (Å²) in [6, 6.07) is 7.43. The lowest BCUT2D eigenvalue weighted by Gasteiger charge is -2.32. The van der Waals surface area contributed by atoms with E-state index in [4.69, 9.17) is 9.47 Å². The number of benzene rings is 1. The van der Waals surface area contributed by atoms with E-state index < -0.39 is 22.0 Å². The quantitative estimate of drug-likeness (QED) is 0.667. The van der Waals surface area contributed by atoms with Crippen LogP contribution in [0.1, 0.15) is 55.6 Å². The summed E-state index contributed by atoms with van der Waals surface area (Å²) >= 11 is 0.738. The first-order valence-corrected chi connectivity index (χ1v) is 11.4. The number of thiophene rings is 1. The first kappa shape index (κ1) is 21.5. The van der Waals surface area contributed by atoms with Crippen LogP contribution in [0.3, 0.4) is 0 Å². The van der Waals surface area contributed by atoms with Crippen molar-refractivity contribution in [3.63, 3.8) is 0 Å². The van der Waals surface area contributed by atoms with Crippen molar-refractivity contribution in [1.82, 2.24) is 4.31 Å². The van der Waals surface area contributed by atoms with E-state index in [-0.39, 0.29) is 26.3 Å². The predicted molar refractivity (Wildman–Crippen MR) is 109 cm³/mol. The van der Waals surface area contributed by atoms with Gasteiger partial charge in [0.25, 0.3) is 10.0 Å². The summed E-state index contributed by atoms with van der Waals surface area (Å²) in [5.41, 5.74) is 2.21. The zero-order chi connectivity index (χ0) is 21.3. The van der Waals surface area contributed by atoms with Gasteiger partial charge in [0.2, 0.25) is 0 Å². The van der Waals surface area contributed by atoms with Gasteiger partial charge in [-0.05, 0) is 42.9 Å². The van der Waals surface area contributed by atoms with Crippen molar-refractivity contribution in [1.29, 1.82) is 0 Å². The fourth-order valence-corrected chi connectivity index (χ4v) is 6.98. The first-order chi connectivity index (χ1) is 13.7. The lowest BCUT2D eigenvalue weighted by atomic mass is 9.88. The van der Waals surface area contributed by atoms with Crippen molar-refractivity contribution in [3.8, 4) is 0 Å². The molecule has 0 spiro atoms. The van der Waals surface area contributed by atoms with Crippen molar-refractivity contribution in [2.75, 3.05) is 21.3 Å². The second kappa shape index (κ2) is 8.25. The van der Waals surface area contributed by atoms with Gasteiger partial charge in [-0.2, -0.15) is 4.31 Å². The monoisotopic (exact) mass is 437 g/mol. The van der Waals surface area contributed by atoms with Gasteiger partial charge in [-0.25, -0.2) is 18.0 Å². The first-order valence-electron chi connectivity index (χ1n) is 9.09. The Morgan fingerprint density at radius 1 is 1.14 bits per heavy atom. The fraction of sp³-hybridized carbons (Fsp3) is 0.400. The Bertz CT molecular complexity index is 1060. The third kappa shape index (κ3) is 3.70. The molecule has 0 radical (unpaired) electrons. The predicted octanol–water partition coefficient (Wildman–Crippen LogP) is 3.33. The van der Waals surface area contributed by atoms with Crippen LogP contribution in [0.2, 0.25) is 0 Å². The van der Waals surface area contributed by atoms with E-state index >= 15 is 0 Å². The molecule has 3 rings (SSSR count). The molecule has 1 atom stereocenters. The number of fused-ring (bicyclic) bond motifs is 1. The molecule has 0 saturated carbocycles. The van der Waals surface area contributed by atoms with Crippen LogP contribution in [-0.2, 0) is 25.9 Å². The van der Waals surface area contributed by atoms with Gasteiger partial charge in [-0.15, -0.1) is 11.3 Å². The molecular weight excluding hydrogens is 414 g/mol. The molecule has 0 saturated heterocycles. The summed E-state index contributed by atoms with van der Waals surface area (Å²) in [5.74, 6) is -1.49. The number of esters is 2. The van der Waals surface area contributed by atoms with Crippen molar-refractivity contribution >= 4 is 33.3 Å². The third-order valence-corrected chi connectivity index (χ3v) is 8.90. The zero-order valence-corrected chi connectivity index (χ0v) is 18.4. The number of carbonyl (C=O) groups excluding carboxylic acids is 2. The summed E-state index contributed by atoms with van der Waals surface area (Å²) < 4.78 is 37.7. The van der Waals surface area contributed by atoms with Crippen LogP contribution in [0.5, 0.6) is 0 Å². The molecule has 1 aromatic heterocycles. The Morgan fingerprint density at radius 3 is 2.45 bits per heavy atom. The summed E-state index contributed by atoms with van der Waals surface area (Å²) in [5, 5.41) is 0. The molecule has 0 amide bonds. The van der Waals surface area contributed by atoms with E-state index in [0.29, 0.717) is 6.42 Å². The number of sulfonamides is 1. The van der Waals surface area contributed by atoms with E-state index in [1.165, 1.54) is 32.5 Å². The Kier molecular flexibility index (Phi) is 6.11. The standard InChI is InChI=1S/C20H23NO6S2/c1-12-16(18(22)26-3)20(28-17(12)19(23)27-4)29(24,25)21(2)15-11-7-9-13-8-5-6-10-14(13)15/h5-6,8,10,15H,7,9,11H2,1-4H3.